The Balaban J connectivity index is 1.64. The molecule has 1 amide bonds. The van der Waals surface area contributed by atoms with Crippen molar-refractivity contribution < 1.29 is 22.7 Å². The quantitative estimate of drug-likeness (QED) is 0.468. The molecule has 34 heavy (non-hydrogen) atoms. The van der Waals surface area contributed by atoms with Crippen molar-refractivity contribution >= 4 is 27.6 Å². The Morgan fingerprint density at radius 3 is 2.00 bits per heavy atom. The molecule has 0 aliphatic carbocycles. The monoisotopic (exact) mass is 480 g/mol. The van der Waals surface area contributed by atoms with Crippen LogP contribution in [-0.4, -0.2) is 45.3 Å². The van der Waals surface area contributed by atoms with Crippen molar-refractivity contribution in [2.75, 3.05) is 26.0 Å². The molecule has 0 saturated carbocycles. The minimum absolute atomic E-state index is 0.0804. The number of aryl methyl sites for hydroxylation is 1. The summed E-state index contributed by atoms with van der Waals surface area (Å²) in [6.45, 7) is 1.21. The van der Waals surface area contributed by atoms with E-state index in [4.69, 9.17) is 4.74 Å². The van der Waals surface area contributed by atoms with Gasteiger partial charge in [0.15, 0.2) is 6.61 Å². The Kier molecular flexibility index (Phi) is 8.20. The summed E-state index contributed by atoms with van der Waals surface area (Å²) in [5.74, 6) is -1.26. The largest absolute Gasteiger partial charge is 0.456 e. The molecule has 0 fully saturated rings. The van der Waals surface area contributed by atoms with Crippen molar-refractivity contribution in [2.24, 2.45) is 0 Å². The fourth-order valence-electron chi connectivity index (χ4n) is 3.52. The van der Waals surface area contributed by atoms with Crippen molar-refractivity contribution in [3.8, 4) is 0 Å². The molecular formula is C26H28N2O5S. The number of nitrogens with zero attached hydrogens (tertiary/aromatic N) is 1. The number of rotatable bonds is 9. The molecule has 3 aromatic carbocycles. The van der Waals surface area contributed by atoms with Gasteiger partial charge in [-0.05, 0) is 35.7 Å². The molecule has 0 heterocycles. The first-order valence-corrected chi connectivity index (χ1v) is 12.2. The smallest absolute Gasteiger partial charge is 0.307 e. The predicted octanol–water partition coefficient (Wildman–Crippen LogP) is 3.95. The summed E-state index contributed by atoms with van der Waals surface area (Å²) in [5, 5.41) is 2.59. The van der Waals surface area contributed by atoms with Gasteiger partial charge in [0, 0.05) is 25.7 Å². The highest BCUT2D eigenvalue weighted by atomic mass is 32.2. The number of ether oxygens (including phenoxy) is 1. The highest BCUT2D eigenvalue weighted by molar-refractivity contribution is 7.89. The van der Waals surface area contributed by atoms with E-state index >= 15 is 0 Å². The van der Waals surface area contributed by atoms with Gasteiger partial charge in [-0.15, -0.1) is 0 Å². The summed E-state index contributed by atoms with van der Waals surface area (Å²) in [6.07, 6.45) is 0.0804. The molecule has 0 saturated heterocycles. The van der Waals surface area contributed by atoms with Gasteiger partial charge in [0.2, 0.25) is 10.0 Å². The summed E-state index contributed by atoms with van der Waals surface area (Å²) < 4.78 is 31.3. The van der Waals surface area contributed by atoms with E-state index in [1.54, 1.807) is 19.1 Å². The Morgan fingerprint density at radius 2 is 1.47 bits per heavy atom. The molecule has 178 valence electrons. The highest BCUT2D eigenvalue weighted by Crippen LogP contribution is 2.28. The second-order valence-corrected chi connectivity index (χ2v) is 10.2. The zero-order chi connectivity index (χ0) is 24.7. The van der Waals surface area contributed by atoms with Gasteiger partial charge < -0.3 is 10.1 Å². The number of carbonyl (C=O) groups is 2. The highest BCUT2D eigenvalue weighted by Gasteiger charge is 2.22. The van der Waals surface area contributed by atoms with E-state index in [2.05, 4.69) is 5.32 Å². The number of carbonyl (C=O) groups excluding carboxylic acids is 2. The predicted molar refractivity (Wildman–Crippen MR) is 131 cm³/mol. The maximum atomic E-state index is 12.6. The topological polar surface area (TPSA) is 92.8 Å². The van der Waals surface area contributed by atoms with E-state index in [0.717, 1.165) is 15.4 Å². The summed E-state index contributed by atoms with van der Waals surface area (Å²) in [5.41, 5.74) is 2.82. The zero-order valence-electron chi connectivity index (χ0n) is 19.4. The summed E-state index contributed by atoms with van der Waals surface area (Å²) in [6, 6.07) is 23.9. The van der Waals surface area contributed by atoms with Crippen LogP contribution in [0.1, 0.15) is 29.0 Å². The Bertz CT molecular complexity index is 1200. The average molecular weight is 481 g/mol. The van der Waals surface area contributed by atoms with Crippen LogP contribution < -0.4 is 5.32 Å². The third-order valence-electron chi connectivity index (χ3n) is 5.37. The maximum Gasteiger partial charge on any atom is 0.307 e. The van der Waals surface area contributed by atoms with Crippen LogP contribution in [0.15, 0.2) is 83.8 Å². The van der Waals surface area contributed by atoms with Crippen molar-refractivity contribution in [3.05, 3.63) is 95.6 Å². The fraction of sp³-hybridized carbons (Fsp3) is 0.231. The summed E-state index contributed by atoms with van der Waals surface area (Å²) in [4.78, 5) is 25.0. The molecular weight excluding hydrogens is 452 g/mol. The van der Waals surface area contributed by atoms with Crippen molar-refractivity contribution in [3.63, 3.8) is 0 Å². The third kappa shape index (κ3) is 6.30. The van der Waals surface area contributed by atoms with E-state index in [0.29, 0.717) is 11.3 Å². The Morgan fingerprint density at radius 1 is 0.912 bits per heavy atom. The van der Waals surface area contributed by atoms with E-state index in [1.807, 2.05) is 60.7 Å². The molecule has 0 spiro atoms. The molecule has 0 aliphatic heterocycles. The zero-order valence-corrected chi connectivity index (χ0v) is 20.2. The lowest BCUT2D eigenvalue weighted by Crippen LogP contribution is -2.24. The van der Waals surface area contributed by atoms with Gasteiger partial charge in [-0.3, -0.25) is 9.59 Å². The van der Waals surface area contributed by atoms with Gasteiger partial charge in [0.05, 0.1) is 11.3 Å². The number of esters is 1. The minimum atomic E-state index is -3.66. The number of sulfonamides is 1. The van der Waals surface area contributed by atoms with Crippen LogP contribution in [-0.2, 0) is 24.3 Å². The van der Waals surface area contributed by atoms with Gasteiger partial charge in [0.25, 0.3) is 5.91 Å². The molecule has 0 radical (unpaired) electrons. The van der Waals surface area contributed by atoms with Gasteiger partial charge in [-0.1, -0.05) is 66.7 Å². The average Bonchev–Trinajstić information content (AvgIpc) is 2.83. The lowest BCUT2D eigenvalue weighted by Gasteiger charge is -2.17. The minimum Gasteiger partial charge on any atom is -0.456 e. The molecule has 0 aliphatic rings. The molecule has 0 unspecified atom stereocenters. The molecule has 1 N–H and O–H groups in total. The van der Waals surface area contributed by atoms with Crippen molar-refractivity contribution in [1.29, 1.82) is 0 Å². The van der Waals surface area contributed by atoms with Crippen LogP contribution in [0, 0.1) is 6.92 Å². The first-order valence-electron chi connectivity index (χ1n) is 10.8. The van der Waals surface area contributed by atoms with E-state index < -0.39 is 28.5 Å². The number of hydrogen-bond donors (Lipinski definition) is 1. The van der Waals surface area contributed by atoms with Crippen LogP contribution >= 0.6 is 0 Å². The molecule has 3 rings (SSSR count). The van der Waals surface area contributed by atoms with Crippen LogP contribution in [0.4, 0.5) is 5.69 Å². The standard InChI is InChI=1S/C26H28N2O5S/c1-19-14-15-22(16-24(19)34(31,32)28(2)3)27-25(29)18-33-26(30)17-23(20-10-6-4-7-11-20)21-12-8-5-9-13-21/h4-16,23H,17-18H2,1-3H3,(H,27,29). The molecule has 0 aromatic heterocycles. The number of hydrogen-bond acceptors (Lipinski definition) is 5. The van der Waals surface area contributed by atoms with E-state index in [-0.39, 0.29) is 17.2 Å². The Labute approximate surface area is 200 Å². The van der Waals surface area contributed by atoms with Crippen molar-refractivity contribution in [1.82, 2.24) is 4.31 Å². The molecule has 0 atom stereocenters. The van der Waals surface area contributed by atoms with Gasteiger partial charge >= 0.3 is 5.97 Å². The number of nitrogens with one attached hydrogen (secondary N) is 1. The number of amides is 1. The van der Waals surface area contributed by atoms with E-state index in [9.17, 15) is 18.0 Å². The van der Waals surface area contributed by atoms with Crippen LogP contribution in [0.2, 0.25) is 0 Å². The third-order valence-corrected chi connectivity index (χ3v) is 7.33. The van der Waals surface area contributed by atoms with Crippen LogP contribution in [0.25, 0.3) is 0 Å². The van der Waals surface area contributed by atoms with Gasteiger partial charge in [0.1, 0.15) is 0 Å². The molecule has 3 aromatic rings. The molecule has 7 nitrogen and oxygen atoms in total. The SMILES string of the molecule is Cc1ccc(NC(=O)COC(=O)CC(c2ccccc2)c2ccccc2)cc1S(=O)(=O)N(C)C. The second-order valence-electron chi connectivity index (χ2n) is 8.05. The first-order chi connectivity index (χ1) is 16.2. The number of benzene rings is 3. The normalized spacial score (nSPS) is 11.4. The molecule has 0 bridgehead atoms. The summed E-state index contributed by atoms with van der Waals surface area (Å²) in [7, 11) is -0.777. The lowest BCUT2D eigenvalue weighted by atomic mass is 9.89. The first kappa shape index (κ1) is 25.1. The van der Waals surface area contributed by atoms with Crippen LogP contribution in [0.5, 0.6) is 0 Å². The van der Waals surface area contributed by atoms with Gasteiger partial charge in [-0.2, -0.15) is 0 Å². The second kappa shape index (κ2) is 11.1. The van der Waals surface area contributed by atoms with Crippen LogP contribution in [0.3, 0.4) is 0 Å². The van der Waals surface area contributed by atoms with Crippen molar-refractivity contribution in [2.45, 2.75) is 24.2 Å². The van der Waals surface area contributed by atoms with Gasteiger partial charge in [-0.25, -0.2) is 12.7 Å². The Hall–Kier alpha value is -3.49. The summed E-state index contributed by atoms with van der Waals surface area (Å²) >= 11 is 0. The van der Waals surface area contributed by atoms with E-state index in [1.165, 1.54) is 20.2 Å². The molecule has 8 heteroatoms. The maximum absolute atomic E-state index is 12.6. The lowest BCUT2D eigenvalue weighted by molar-refractivity contribution is -0.147. The number of anilines is 1. The fourth-order valence-corrected chi connectivity index (χ4v) is 4.66.